The summed E-state index contributed by atoms with van der Waals surface area (Å²) >= 11 is 0. The molecule has 1 heterocycles. The van der Waals surface area contributed by atoms with E-state index in [4.69, 9.17) is 5.73 Å². The Morgan fingerprint density at radius 2 is 2.08 bits per heavy atom. The number of hydrogen-bond acceptors (Lipinski definition) is 3. The van der Waals surface area contributed by atoms with E-state index in [1.54, 1.807) is 0 Å². The first-order chi connectivity index (χ1) is 11.2. The van der Waals surface area contributed by atoms with Gasteiger partial charge in [0.05, 0.1) is 5.56 Å². The van der Waals surface area contributed by atoms with Crippen molar-refractivity contribution in [2.45, 2.75) is 37.5 Å². The maximum atomic E-state index is 12.7. The SMILES string of the molecule is NC(=O)[C@@H](Cc1cccc(C(F)(F)F)c1)NC(=O)[C@H]1CCC(=O)N1. The summed E-state index contributed by atoms with van der Waals surface area (Å²) in [7, 11) is 0. The zero-order valence-corrected chi connectivity index (χ0v) is 12.5. The molecular formula is C15H16F3N3O3. The van der Waals surface area contributed by atoms with Gasteiger partial charge in [-0.2, -0.15) is 13.2 Å². The second kappa shape index (κ2) is 6.90. The highest BCUT2D eigenvalue weighted by Gasteiger charge is 2.32. The topological polar surface area (TPSA) is 101 Å². The molecule has 0 unspecified atom stereocenters. The van der Waals surface area contributed by atoms with Crippen LogP contribution in [0.5, 0.6) is 0 Å². The van der Waals surface area contributed by atoms with Crippen molar-refractivity contribution in [2.75, 3.05) is 0 Å². The summed E-state index contributed by atoms with van der Waals surface area (Å²) in [5.41, 5.74) is 4.58. The van der Waals surface area contributed by atoms with Crippen LogP contribution in [-0.4, -0.2) is 29.8 Å². The maximum absolute atomic E-state index is 12.7. The molecule has 1 aliphatic rings. The lowest BCUT2D eigenvalue weighted by atomic mass is 10.0. The van der Waals surface area contributed by atoms with Crippen LogP contribution in [0.25, 0.3) is 0 Å². The number of alkyl halides is 3. The highest BCUT2D eigenvalue weighted by molar-refractivity contribution is 5.93. The quantitative estimate of drug-likeness (QED) is 0.725. The molecule has 4 N–H and O–H groups in total. The average molecular weight is 343 g/mol. The summed E-state index contributed by atoms with van der Waals surface area (Å²) < 4.78 is 38.1. The third kappa shape index (κ3) is 4.46. The van der Waals surface area contributed by atoms with E-state index in [-0.39, 0.29) is 24.3 Å². The molecule has 130 valence electrons. The van der Waals surface area contributed by atoms with Gasteiger partial charge in [-0.15, -0.1) is 0 Å². The molecule has 0 saturated carbocycles. The Labute approximate surface area is 135 Å². The lowest BCUT2D eigenvalue weighted by Gasteiger charge is -2.19. The van der Waals surface area contributed by atoms with Gasteiger partial charge in [0, 0.05) is 12.8 Å². The molecule has 9 heteroatoms. The number of nitrogens with one attached hydrogen (secondary N) is 2. The third-order valence-corrected chi connectivity index (χ3v) is 3.67. The molecule has 1 aromatic rings. The van der Waals surface area contributed by atoms with E-state index in [1.165, 1.54) is 12.1 Å². The van der Waals surface area contributed by atoms with E-state index in [2.05, 4.69) is 10.6 Å². The number of rotatable bonds is 5. The van der Waals surface area contributed by atoms with Gasteiger partial charge in [-0.1, -0.05) is 18.2 Å². The van der Waals surface area contributed by atoms with Crippen LogP contribution in [0.1, 0.15) is 24.0 Å². The summed E-state index contributed by atoms with van der Waals surface area (Å²) in [6.07, 6.45) is -4.19. The number of amides is 3. The average Bonchev–Trinajstić information content (AvgIpc) is 2.92. The number of halogens is 3. The number of primary amides is 1. The molecule has 3 amide bonds. The molecular weight excluding hydrogens is 327 g/mol. The van der Waals surface area contributed by atoms with E-state index >= 15 is 0 Å². The van der Waals surface area contributed by atoms with Gasteiger partial charge in [-0.3, -0.25) is 14.4 Å². The summed E-state index contributed by atoms with van der Waals surface area (Å²) in [4.78, 5) is 34.6. The number of carbonyl (C=O) groups excluding carboxylic acids is 3. The van der Waals surface area contributed by atoms with Crippen molar-refractivity contribution in [3.63, 3.8) is 0 Å². The Bertz CT molecular complexity index is 661. The van der Waals surface area contributed by atoms with E-state index in [0.717, 1.165) is 12.1 Å². The minimum absolute atomic E-state index is 0.175. The van der Waals surface area contributed by atoms with Crippen LogP contribution >= 0.6 is 0 Å². The van der Waals surface area contributed by atoms with Gasteiger partial charge in [0.15, 0.2) is 0 Å². The van der Waals surface area contributed by atoms with Crippen LogP contribution in [0.15, 0.2) is 24.3 Å². The first-order valence-corrected chi connectivity index (χ1v) is 7.22. The molecule has 2 rings (SSSR count). The summed E-state index contributed by atoms with van der Waals surface area (Å²) in [5, 5.41) is 4.82. The van der Waals surface area contributed by atoms with Crippen molar-refractivity contribution in [1.82, 2.24) is 10.6 Å². The predicted octanol–water partition coefficient (Wildman–Crippen LogP) is 0.497. The Balaban J connectivity index is 2.07. The highest BCUT2D eigenvalue weighted by atomic mass is 19.4. The van der Waals surface area contributed by atoms with Crippen molar-refractivity contribution in [3.8, 4) is 0 Å². The van der Waals surface area contributed by atoms with Gasteiger partial charge in [-0.05, 0) is 18.1 Å². The van der Waals surface area contributed by atoms with Crippen molar-refractivity contribution in [2.24, 2.45) is 5.73 Å². The molecule has 1 saturated heterocycles. The van der Waals surface area contributed by atoms with Crippen molar-refractivity contribution in [1.29, 1.82) is 0 Å². The van der Waals surface area contributed by atoms with Gasteiger partial charge >= 0.3 is 6.18 Å². The molecule has 6 nitrogen and oxygen atoms in total. The summed E-state index contributed by atoms with van der Waals surface area (Å²) in [6.45, 7) is 0. The zero-order valence-electron chi connectivity index (χ0n) is 12.5. The fraction of sp³-hybridized carbons (Fsp3) is 0.400. The van der Waals surface area contributed by atoms with E-state index < -0.39 is 35.6 Å². The van der Waals surface area contributed by atoms with Crippen molar-refractivity contribution < 1.29 is 27.6 Å². The normalized spacial score (nSPS) is 18.8. The van der Waals surface area contributed by atoms with E-state index in [0.29, 0.717) is 6.42 Å². The van der Waals surface area contributed by atoms with Crippen LogP contribution in [0.4, 0.5) is 13.2 Å². The van der Waals surface area contributed by atoms with E-state index in [9.17, 15) is 27.6 Å². The molecule has 24 heavy (non-hydrogen) atoms. The Kier molecular flexibility index (Phi) is 5.10. The summed E-state index contributed by atoms with van der Waals surface area (Å²) in [6, 6.07) is 2.51. The lowest BCUT2D eigenvalue weighted by Crippen LogP contribution is -2.51. The number of hydrogen-bond donors (Lipinski definition) is 3. The van der Waals surface area contributed by atoms with Crippen LogP contribution in [0.2, 0.25) is 0 Å². The molecule has 1 aromatic carbocycles. The van der Waals surface area contributed by atoms with Crippen LogP contribution in [0, 0.1) is 0 Å². The first-order valence-electron chi connectivity index (χ1n) is 7.22. The van der Waals surface area contributed by atoms with Gasteiger partial charge in [0.25, 0.3) is 0 Å². The van der Waals surface area contributed by atoms with Crippen molar-refractivity contribution in [3.05, 3.63) is 35.4 Å². The van der Waals surface area contributed by atoms with Gasteiger partial charge in [0.1, 0.15) is 12.1 Å². The molecule has 0 radical (unpaired) electrons. The fourth-order valence-electron chi connectivity index (χ4n) is 2.42. The largest absolute Gasteiger partial charge is 0.416 e. The molecule has 0 aromatic heterocycles. The molecule has 0 spiro atoms. The second-order valence-electron chi connectivity index (χ2n) is 5.52. The molecule has 0 bridgehead atoms. The van der Waals surface area contributed by atoms with Gasteiger partial charge in [0.2, 0.25) is 17.7 Å². The number of carbonyl (C=O) groups is 3. The smallest absolute Gasteiger partial charge is 0.368 e. The van der Waals surface area contributed by atoms with Crippen LogP contribution in [-0.2, 0) is 27.0 Å². The Morgan fingerprint density at radius 3 is 2.62 bits per heavy atom. The standard InChI is InChI=1S/C15H16F3N3O3/c16-15(17,18)9-3-1-2-8(6-9)7-11(13(19)23)21-14(24)10-4-5-12(22)20-10/h1-3,6,10-11H,4-5,7H2,(H2,19,23)(H,20,22)(H,21,24)/t10-,11-/m1/s1. The number of nitrogens with two attached hydrogens (primary N) is 1. The minimum Gasteiger partial charge on any atom is -0.368 e. The second-order valence-corrected chi connectivity index (χ2v) is 5.52. The fourth-order valence-corrected chi connectivity index (χ4v) is 2.42. The first kappa shape index (κ1) is 17.8. The molecule has 1 aliphatic heterocycles. The molecule has 2 atom stereocenters. The maximum Gasteiger partial charge on any atom is 0.416 e. The van der Waals surface area contributed by atoms with Gasteiger partial charge < -0.3 is 16.4 Å². The lowest BCUT2D eigenvalue weighted by molar-refractivity contribution is -0.137. The van der Waals surface area contributed by atoms with Crippen LogP contribution in [0.3, 0.4) is 0 Å². The Hall–Kier alpha value is -2.58. The Morgan fingerprint density at radius 1 is 1.38 bits per heavy atom. The predicted molar refractivity (Wildman–Crippen MR) is 77.4 cm³/mol. The number of benzene rings is 1. The highest BCUT2D eigenvalue weighted by Crippen LogP contribution is 2.29. The van der Waals surface area contributed by atoms with Gasteiger partial charge in [-0.25, -0.2) is 0 Å². The summed E-state index contributed by atoms with van der Waals surface area (Å²) in [5.74, 6) is -1.73. The molecule has 1 fully saturated rings. The third-order valence-electron chi connectivity index (χ3n) is 3.67. The van der Waals surface area contributed by atoms with E-state index in [1.807, 2.05) is 0 Å². The zero-order chi connectivity index (χ0) is 17.9. The van der Waals surface area contributed by atoms with Crippen molar-refractivity contribution >= 4 is 17.7 Å². The minimum atomic E-state index is -4.50. The monoisotopic (exact) mass is 343 g/mol. The molecule has 0 aliphatic carbocycles. The van der Waals surface area contributed by atoms with Crippen LogP contribution < -0.4 is 16.4 Å².